The maximum atomic E-state index is 3.73. The van der Waals surface area contributed by atoms with Crippen LogP contribution in [-0.4, -0.2) is 4.98 Å². The van der Waals surface area contributed by atoms with Crippen LogP contribution in [0.25, 0.3) is 38.7 Å². The number of hydrogen-bond donors (Lipinski definition) is 1. The predicted molar refractivity (Wildman–Crippen MR) is 138 cm³/mol. The Hall–Kier alpha value is -3.75. The van der Waals surface area contributed by atoms with Gasteiger partial charge < -0.3 is 4.98 Å². The molecule has 0 aliphatic carbocycles. The van der Waals surface area contributed by atoms with Crippen LogP contribution < -0.4 is 0 Å². The van der Waals surface area contributed by atoms with Crippen molar-refractivity contribution in [2.45, 2.75) is 14.7 Å². The summed E-state index contributed by atoms with van der Waals surface area (Å²) in [6, 6.07) is 39.8. The largest absolute Gasteiger partial charge is 0.354 e. The van der Waals surface area contributed by atoms with Crippen molar-refractivity contribution in [2.24, 2.45) is 0 Å². The fraction of sp³-hybridized carbons (Fsp3) is 0. The number of aromatic nitrogens is 1. The zero-order valence-electron chi connectivity index (χ0n) is 17.5. The number of H-pyrrole nitrogens is 1. The third-order valence-corrected chi connectivity index (χ3v) is 10.3. The van der Waals surface area contributed by atoms with Gasteiger partial charge in [-0.3, -0.25) is 0 Å². The first kappa shape index (κ1) is 17.9. The van der Waals surface area contributed by atoms with Crippen molar-refractivity contribution in [3.8, 4) is 0 Å². The molecule has 0 amide bonds. The number of benzene rings is 5. The molecule has 1 aliphatic rings. The predicted octanol–water partition coefficient (Wildman–Crippen LogP) is 8.74. The van der Waals surface area contributed by atoms with E-state index in [1.807, 2.05) is 0 Å². The summed E-state index contributed by atoms with van der Waals surface area (Å²) in [7, 11) is -1.54. The molecule has 0 fully saturated rings. The average Bonchev–Trinajstić information content (AvgIpc) is 3.44. The van der Waals surface area contributed by atoms with Gasteiger partial charge in [-0.2, -0.15) is 0 Å². The summed E-state index contributed by atoms with van der Waals surface area (Å²) in [5.41, 5.74) is 3.74. The molecule has 0 bridgehead atoms. The number of hydrogen-bond acceptors (Lipinski definition) is 0. The minimum Gasteiger partial charge on any atom is -0.354 e. The van der Waals surface area contributed by atoms with E-state index in [0.717, 1.165) is 0 Å². The van der Waals surface area contributed by atoms with Crippen molar-refractivity contribution in [1.29, 1.82) is 0 Å². The smallest absolute Gasteiger partial charge is 0.0476 e. The van der Waals surface area contributed by atoms with Crippen molar-refractivity contribution in [3.05, 3.63) is 120 Å². The second kappa shape index (κ2) is 6.62. The van der Waals surface area contributed by atoms with Crippen LogP contribution in [0.5, 0.6) is 0 Å². The molecular formula is C30H21NS. The Morgan fingerprint density at radius 3 is 1.91 bits per heavy atom. The third-order valence-electron chi connectivity index (χ3n) is 6.64. The van der Waals surface area contributed by atoms with Crippen LogP contribution in [-0.2, 0) is 0 Å². The molecule has 1 aliphatic heterocycles. The highest BCUT2D eigenvalue weighted by Gasteiger charge is 2.36. The molecule has 6 aromatic rings. The van der Waals surface area contributed by atoms with Gasteiger partial charge in [-0.25, -0.2) is 0 Å². The fourth-order valence-electron chi connectivity index (χ4n) is 5.26. The van der Waals surface area contributed by atoms with Gasteiger partial charge >= 0.3 is 0 Å². The van der Waals surface area contributed by atoms with Gasteiger partial charge in [0.15, 0.2) is 0 Å². The quantitative estimate of drug-likeness (QED) is 0.284. The summed E-state index contributed by atoms with van der Waals surface area (Å²) in [6.45, 7) is 0. The first-order valence-corrected chi connectivity index (χ1v) is 12.6. The monoisotopic (exact) mass is 427 g/mol. The Balaban J connectivity index is 1.71. The number of rotatable bonds is 2. The lowest BCUT2D eigenvalue weighted by molar-refractivity contribution is 1.33. The van der Waals surface area contributed by atoms with Crippen molar-refractivity contribution in [1.82, 2.24) is 4.98 Å². The molecule has 0 atom stereocenters. The van der Waals surface area contributed by atoms with E-state index in [4.69, 9.17) is 0 Å². The molecular weight excluding hydrogens is 406 g/mol. The molecule has 1 aromatic heterocycles. The molecule has 2 heteroatoms. The molecule has 1 nitrogen and oxygen atoms in total. The molecule has 32 heavy (non-hydrogen) atoms. The Morgan fingerprint density at radius 2 is 1.16 bits per heavy atom. The minimum atomic E-state index is -1.54. The van der Waals surface area contributed by atoms with Gasteiger partial charge in [0.05, 0.1) is 0 Å². The van der Waals surface area contributed by atoms with Gasteiger partial charge in [0, 0.05) is 36.5 Å². The summed E-state index contributed by atoms with van der Waals surface area (Å²) in [5, 5.41) is 7.77. The lowest BCUT2D eigenvalue weighted by atomic mass is 10.0. The maximum Gasteiger partial charge on any atom is 0.0476 e. The van der Waals surface area contributed by atoms with Gasteiger partial charge in [0.2, 0.25) is 0 Å². The number of fused-ring (bicyclic) bond motifs is 7. The van der Waals surface area contributed by atoms with Crippen LogP contribution in [0.4, 0.5) is 0 Å². The minimum absolute atomic E-state index is 1.20. The van der Waals surface area contributed by atoms with Gasteiger partial charge in [0.25, 0.3) is 0 Å². The molecule has 2 heterocycles. The summed E-state index contributed by atoms with van der Waals surface area (Å²) < 4.78 is 0. The van der Waals surface area contributed by atoms with Crippen molar-refractivity contribution >= 4 is 48.7 Å². The second-order valence-corrected chi connectivity index (χ2v) is 11.3. The van der Waals surface area contributed by atoms with Crippen LogP contribution in [0, 0.1) is 0 Å². The molecule has 152 valence electrons. The normalized spacial score (nSPS) is 15.4. The van der Waals surface area contributed by atoms with E-state index in [-0.39, 0.29) is 0 Å². The molecule has 0 spiro atoms. The standard InChI is InChI=1S/C30H21NS/c1-3-10-23(11-4-1)32(24-12-5-2-6-13-24)20-19-22-16-18-27-29(30(22)32)28-25-14-8-7-9-21(25)15-17-26(28)31-27/h1-20,31H. The molecule has 0 saturated heterocycles. The third kappa shape index (κ3) is 2.30. The summed E-state index contributed by atoms with van der Waals surface area (Å²) in [5.74, 6) is 0. The van der Waals surface area contributed by atoms with Gasteiger partial charge in [-0.1, -0.05) is 72.8 Å². The SMILES string of the molecule is C1=CS(c2ccccc2)(c2ccccc2)c2c1ccc1[nH]c3ccc4ccccc4c3c21. The fourth-order valence-corrected chi connectivity index (χ4v) is 9.02. The highest BCUT2D eigenvalue weighted by atomic mass is 32.3. The van der Waals surface area contributed by atoms with Crippen molar-refractivity contribution in [2.75, 3.05) is 0 Å². The molecule has 0 unspecified atom stereocenters. The highest BCUT2D eigenvalue weighted by molar-refractivity contribution is 8.36. The highest BCUT2D eigenvalue weighted by Crippen LogP contribution is 2.74. The zero-order valence-corrected chi connectivity index (χ0v) is 18.3. The summed E-state index contributed by atoms with van der Waals surface area (Å²) >= 11 is 0. The van der Waals surface area contributed by atoms with E-state index >= 15 is 0 Å². The summed E-state index contributed by atoms with van der Waals surface area (Å²) in [4.78, 5) is 7.94. The van der Waals surface area contributed by atoms with Crippen molar-refractivity contribution in [3.63, 3.8) is 0 Å². The molecule has 5 aromatic carbocycles. The average molecular weight is 428 g/mol. The van der Waals surface area contributed by atoms with Gasteiger partial charge in [0.1, 0.15) is 0 Å². The van der Waals surface area contributed by atoms with Crippen LogP contribution in [0.1, 0.15) is 5.56 Å². The Morgan fingerprint density at radius 1 is 0.531 bits per heavy atom. The van der Waals surface area contributed by atoms with Gasteiger partial charge in [-0.15, -0.1) is 10.0 Å². The maximum absolute atomic E-state index is 3.73. The van der Waals surface area contributed by atoms with E-state index in [1.54, 1.807) is 0 Å². The molecule has 0 radical (unpaired) electrons. The Bertz CT molecular complexity index is 1620. The van der Waals surface area contributed by atoms with Crippen LogP contribution in [0.2, 0.25) is 0 Å². The van der Waals surface area contributed by atoms with E-state index in [0.29, 0.717) is 0 Å². The lowest BCUT2D eigenvalue weighted by Crippen LogP contribution is -1.99. The lowest BCUT2D eigenvalue weighted by Gasteiger charge is -2.37. The van der Waals surface area contributed by atoms with Crippen LogP contribution >= 0.6 is 10.0 Å². The zero-order chi connectivity index (χ0) is 21.1. The molecule has 0 saturated carbocycles. The Kier molecular flexibility index (Phi) is 3.70. The number of aromatic amines is 1. The van der Waals surface area contributed by atoms with E-state index in [2.05, 4.69) is 126 Å². The van der Waals surface area contributed by atoms with Crippen LogP contribution in [0.15, 0.2) is 129 Å². The number of nitrogens with one attached hydrogen (secondary N) is 1. The topological polar surface area (TPSA) is 15.8 Å². The van der Waals surface area contributed by atoms with Crippen LogP contribution in [0.3, 0.4) is 0 Å². The van der Waals surface area contributed by atoms with Crippen molar-refractivity contribution < 1.29 is 0 Å². The van der Waals surface area contributed by atoms with E-state index < -0.39 is 10.0 Å². The first-order valence-electron chi connectivity index (χ1n) is 10.9. The molecule has 1 N–H and O–H groups in total. The van der Waals surface area contributed by atoms with E-state index in [9.17, 15) is 0 Å². The van der Waals surface area contributed by atoms with Gasteiger partial charge in [-0.05, 0) is 64.2 Å². The first-order chi connectivity index (χ1) is 15.9. The summed E-state index contributed by atoms with van der Waals surface area (Å²) in [6.07, 6.45) is 2.34. The molecule has 7 rings (SSSR count). The Labute approximate surface area is 188 Å². The second-order valence-electron chi connectivity index (χ2n) is 8.33. The van der Waals surface area contributed by atoms with E-state index in [1.165, 1.54) is 52.8 Å².